The molecule has 4 nitrogen and oxygen atoms in total. The Labute approximate surface area is 107 Å². The summed E-state index contributed by atoms with van der Waals surface area (Å²) in [6.45, 7) is 0.665. The molecule has 1 aliphatic rings. The molecule has 0 radical (unpaired) electrons. The predicted molar refractivity (Wildman–Crippen MR) is 70.1 cm³/mol. The summed E-state index contributed by atoms with van der Waals surface area (Å²) in [6.07, 6.45) is 10.9. The van der Waals surface area contributed by atoms with Crippen LogP contribution in [0.15, 0.2) is 30.7 Å². The maximum Gasteiger partial charge on any atom is 0.141 e. The highest BCUT2D eigenvalue weighted by Crippen LogP contribution is 2.26. The van der Waals surface area contributed by atoms with Crippen molar-refractivity contribution >= 4 is 5.65 Å². The van der Waals surface area contributed by atoms with Gasteiger partial charge in [-0.1, -0.05) is 12.5 Å². The van der Waals surface area contributed by atoms with E-state index in [1.165, 1.54) is 6.42 Å². The Bertz CT molecular complexity index is 529. The summed E-state index contributed by atoms with van der Waals surface area (Å²) in [4.78, 5) is 4.35. The Morgan fingerprint density at radius 1 is 1.28 bits per heavy atom. The van der Waals surface area contributed by atoms with Crippen molar-refractivity contribution in [3.05, 3.63) is 36.3 Å². The Hall–Kier alpha value is -1.39. The third-order valence-corrected chi connectivity index (χ3v) is 3.79. The molecule has 2 N–H and O–H groups in total. The van der Waals surface area contributed by atoms with Gasteiger partial charge in [0.1, 0.15) is 11.4 Å². The van der Waals surface area contributed by atoms with Gasteiger partial charge in [-0.05, 0) is 31.7 Å². The molecule has 96 valence electrons. The van der Waals surface area contributed by atoms with E-state index < -0.39 is 5.72 Å². The first-order valence-corrected chi connectivity index (χ1v) is 6.65. The van der Waals surface area contributed by atoms with Crippen LogP contribution >= 0.6 is 0 Å². The van der Waals surface area contributed by atoms with Crippen LogP contribution in [-0.4, -0.2) is 20.2 Å². The Kier molecular flexibility index (Phi) is 3.06. The first-order valence-electron chi connectivity index (χ1n) is 6.65. The van der Waals surface area contributed by atoms with Gasteiger partial charge >= 0.3 is 0 Å². The van der Waals surface area contributed by atoms with E-state index >= 15 is 0 Å². The molecule has 1 fully saturated rings. The number of hydrogen-bond acceptors (Lipinski definition) is 3. The maximum absolute atomic E-state index is 10.4. The van der Waals surface area contributed by atoms with Crippen LogP contribution in [0.5, 0.6) is 0 Å². The molecular formula is C14H19N3O. The standard InChI is InChI=1S/C14H19N3O/c18-14(6-2-1-3-7-14)16-11-12-5-4-9-17-10-8-15-13(12)17/h4-5,8-10,16,18H,1-3,6-7,11H2. The van der Waals surface area contributed by atoms with Gasteiger partial charge in [-0.15, -0.1) is 0 Å². The fraction of sp³-hybridized carbons (Fsp3) is 0.500. The third kappa shape index (κ3) is 2.26. The summed E-state index contributed by atoms with van der Waals surface area (Å²) in [6, 6.07) is 4.07. The monoisotopic (exact) mass is 245 g/mol. The Balaban J connectivity index is 1.74. The van der Waals surface area contributed by atoms with Crippen molar-refractivity contribution in [2.24, 2.45) is 0 Å². The number of rotatable bonds is 3. The van der Waals surface area contributed by atoms with E-state index in [4.69, 9.17) is 0 Å². The van der Waals surface area contributed by atoms with Crippen molar-refractivity contribution in [3.63, 3.8) is 0 Å². The van der Waals surface area contributed by atoms with Crippen LogP contribution < -0.4 is 5.32 Å². The SMILES string of the molecule is OC1(NCc2cccn3ccnc23)CCCCC1. The quantitative estimate of drug-likeness (QED) is 0.814. The third-order valence-electron chi connectivity index (χ3n) is 3.79. The molecule has 0 aliphatic heterocycles. The van der Waals surface area contributed by atoms with E-state index in [9.17, 15) is 5.11 Å². The zero-order chi connectivity index (χ0) is 12.4. The lowest BCUT2D eigenvalue weighted by Crippen LogP contribution is -2.46. The van der Waals surface area contributed by atoms with E-state index in [2.05, 4.69) is 16.4 Å². The molecule has 0 saturated heterocycles. The molecule has 1 saturated carbocycles. The number of imidazole rings is 1. The van der Waals surface area contributed by atoms with E-state index in [1.54, 1.807) is 6.20 Å². The fourth-order valence-corrected chi connectivity index (χ4v) is 2.72. The van der Waals surface area contributed by atoms with Gasteiger partial charge in [0, 0.05) is 30.7 Å². The van der Waals surface area contributed by atoms with Crippen molar-refractivity contribution in [2.45, 2.75) is 44.4 Å². The van der Waals surface area contributed by atoms with E-state index in [1.807, 2.05) is 22.9 Å². The van der Waals surface area contributed by atoms with Gasteiger partial charge < -0.3 is 9.51 Å². The average molecular weight is 245 g/mol. The van der Waals surface area contributed by atoms with Gasteiger partial charge in [0.05, 0.1) is 0 Å². The van der Waals surface area contributed by atoms with Gasteiger partial charge in [0.2, 0.25) is 0 Å². The topological polar surface area (TPSA) is 49.6 Å². The second kappa shape index (κ2) is 4.71. The minimum Gasteiger partial charge on any atom is -0.376 e. The molecule has 3 rings (SSSR count). The highest BCUT2D eigenvalue weighted by Gasteiger charge is 2.28. The van der Waals surface area contributed by atoms with E-state index in [0.717, 1.165) is 36.9 Å². The summed E-state index contributed by atoms with van der Waals surface area (Å²) in [7, 11) is 0. The van der Waals surface area contributed by atoms with Crippen molar-refractivity contribution in [1.29, 1.82) is 0 Å². The maximum atomic E-state index is 10.4. The van der Waals surface area contributed by atoms with Crippen LogP contribution in [0.3, 0.4) is 0 Å². The second-order valence-electron chi connectivity index (χ2n) is 5.14. The summed E-state index contributed by atoms with van der Waals surface area (Å²) in [5, 5.41) is 13.7. The lowest BCUT2D eigenvalue weighted by molar-refractivity contribution is -0.0295. The number of fused-ring (bicyclic) bond motifs is 1. The first-order chi connectivity index (χ1) is 8.77. The molecule has 0 aromatic carbocycles. The summed E-state index contributed by atoms with van der Waals surface area (Å²) < 4.78 is 2.00. The number of pyridine rings is 1. The van der Waals surface area contributed by atoms with Crippen LogP contribution in [0.25, 0.3) is 5.65 Å². The molecule has 2 heterocycles. The van der Waals surface area contributed by atoms with Crippen LogP contribution in [0.2, 0.25) is 0 Å². The lowest BCUT2D eigenvalue weighted by atomic mass is 9.91. The highest BCUT2D eigenvalue weighted by atomic mass is 16.3. The number of aromatic nitrogens is 2. The zero-order valence-electron chi connectivity index (χ0n) is 10.5. The Morgan fingerprint density at radius 2 is 2.11 bits per heavy atom. The van der Waals surface area contributed by atoms with Crippen molar-refractivity contribution in [3.8, 4) is 0 Å². The van der Waals surface area contributed by atoms with Gasteiger partial charge in [-0.2, -0.15) is 0 Å². The van der Waals surface area contributed by atoms with Gasteiger partial charge in [0.25, 0.3) is 0 Å². The molecule has 2 aromatic heterocycles. The Morgan fingerprint density at radius 3 is 2.94 bits per heavy atom. The van der Waals surface area contributed by atoms with Crippen molar-refractivity contribution in [2.75, 3.05) is 0 Å². The molecular weight excluding hydrogens is 226 g/mol. The van der Waals surface area contributed by atoms with Crippen LogP contribution in [0.4, 0.5) is 0 Å². The molecule has 0 amide bonds. The fourth-order valence-electron chi connectivity index (χ4n) is 2.72. The molecule has 0 atom stereocenters. The van der Waals surface area contributed by atoms with Crippen LogP contribution in [0.1, 0.15) is 37.7 Å². The largest absolute Gasteiger partial charge is 0.376 e. The molecule has 0 spiro atoms. The van der Waals surface area contributed by atoms with Gasteiger partial charge in [0.15, 0.2) is 0 Å². The zero-order valence-corrected chi connectivity index (χ0v) is 10.5. The van der Waals surface area contributed by atoms with E-state index in [0.29, 0.717) is 6.54 Å². The predicted octanol–water partition coefficient (Wildman–Crippen LogP) is 2.08. The average Bonchev–Trinajstić information content (AvgIpc) is 2.86. The number of nitrogens with zero attached hydrogens (tertiary/aromatic N) is 2. The molecule has 0 bridgehead atoms. The lowest BCUT2D eigenvalue weighted by Gasteiger charge is -2.33. The number of nitrogens with one attached hydrogen (secondary N) is 1. The molecule has 4 heteroatoms. The van der Waals surface area contributed by atoms with E-state index in [-0.39, 0.29) is 0 Å². The normalized spacial score (nSPS) is 19.2. The first kappa shape index (κ1) is 11.7. The molecule has 1 aliphatic carbocycles. The smallest absolute Gasteiger partial charge is 0.141 e. The summed E-state index contributed by atoms with van der Waals surface area (Å²) in [5.74, 6) is 0. The van der Waals surface area contributed by atoms with Crippen LogP contribution in [-0.2, 0) is 6.54 Å². The van der Waals surface area contributed by atoms with Crippen molar-refractivity contribution < 1.29 is 5.11 Å². The number of aliphatic hydroxyl groups is 1. The minimum absolute atomic E-state index is 0.665. The van der Waals surface area contributed by atoms with Gasteiger partial charge in [-0.25, -0.2) is 4.98 Å². The summed E-state index contributed by atoms with van der Waals surface area (Å²) >= 11 is 0. The van der Waals surface area contributed by atoms with Crippen molar-refractivity contribution in [1.82, 2.24) is 14.7 Å². The number of hydrogen-bond donors (Lipinski definition) is 2. The molecule has 18 heavy (non-hydrogen) atoms. The van der Waals surface area contributed by atoms with Crippen LogP contribution in [0, 0.1) is 0 Å². The second-order valence-corrected chi connectivity index (χ2v) is 5.14. The summed E-state index contributed by atoms with van der Waals surface area (Å²) in [5.41, 5.74) is 1.41. The molecule has 0 unspecified atom stereocenters. The van der Waals surface area contributed by atoms with Gasteiger partial charge in [-0.3, -0.25) is 5.32 Å². The minimum atomic E-state index is -0.683. The molecule has 2 aromatic rings. The highest BCUT2D eigenvalue weighted by molar-refractivity contribution is 5.47.